The maximum Gasteiger partial charge on any atom is 0.227 e. The van der Waals surface area contributed by atoms with E-state index in [1.54, 1.807) is 0 Å². The molecule has 5 nitrogen and oxygen atoms in total. The van der Waals surface area contributed by atoms with Gasteiger partial charge in [0.1, 0.15) is 0 Å². The van der Waals surface area contributed by atoms with Gasteiger partial charge >= 0.3 is 0 Å². The summed E-state index contributed by atoms with van der Waals surface area (Å²) in [5.74, 6) is 1.19. The molecule has 0 spiro atoms. The van der Waals surface area contributed by atoms with Crippen molar-refractivity contribution in [3.63, 3.8) is 0 Å². The van der Waals surface area contributed by atoms with E-state index in [1.807, 2.05) is 31.2 Å². The van der Waals surface area contributed by atoms with Crippen molar-refractivity contribution in [2.75, 3.05) is 0 Å². The lowest BCUT2D eigenvalue weighted by atomic mass is 10.1. The van der Waals surface area contributed by atoms with E-state index >= 15 is 0 Å². The lowest BCUT2D eigenvalue weighted by molar-refractivity contribution is -0.121. The van der Waals surface area contributed by atoms with E-state index in [1.165, 1.54) is 25.7 Å². The third-order valence-corrected chi connectivity index (χ3v) is 4.64. The molecular formula is C19H25N3O2. The number of aryl methyl sites for hydroxylation is 2. The van der Waals surface area contributed by atoms with Gasteiger partial charge in [0.2, 0.25) is 17.6 Å². The molecule has 1 aromatic carbocycles. The van der Waals surface area contributed by atoms with Crippen LogP contribution in [0.2, 0.25) is 0 Å². The number of carbonyl (C=O) groups excluding carboxylic acids is 1. The molecule has 1 N–H and O–H groups in total. The Morgan fingerprint density at radius 2 is 1.96 bits per heavy atom. The molecule has 0 atom stereocenters. The highest BCUT2D eigenvalue weighted by molar-refractivity contribution is 5.76. The van der Waals surface area contributed by atoms with Crippen LogP contribution < -0.4 is 5.32 Å². The molecule has 1 fully saturated rings. The molecule has 128 valence electrons. The SMILES string of the molecule is Cc1ccccc1-c1noc(CCC(=O)NC2CCCCCC2)n1. The largest absolute Gasteiger partial charge is 0.353 e. The van der Waals surface area contributed by atoms with Gasteiger partial charge in [-0.05, 0) is 25.3 Å². The molecule has 1 amide bonds. The Morgan fingerprint density at radius 1 is 1.21 bits per heavy atom. The van der Waals surface area contributed by atoms with Crippen molar-refractivity contribution in [2.24, 2.45) is 0 Å². The van der Waals surface area contributed by atoms with Crippen molar-refractivity contribution in [2.45, 2.75) is 64.3 Å². The van der Waals surface area contributed by atoms with Gasteiger partial charge in [0, 0.05) is 24.4 Å². The highest BCUT2D eigenvalue weighted by Gasteiger charge is 2.16. The predicted octanol–water partition coefficient (Wildman–Crippen LogP) is 3.82. The van der Waals surface area contributed by atoms with Crippen molar-refractivity contribution in [3.05, 3.63) is 35.7 Å². The maximum atomic E-state index is 12.1. The predicted molar refractivity (Wildman–Crippen MR) is 92.4 cm³/mol. The minimum atomic E-state index is 0.0811. The van der Waals surface area contributed by atoms with Crippen molar-refractivity contribution in [3.8, 4) is 11.4 Å². The summed E-state index contributed by atoms with van der Waals surface area (Å²) in [6.07, 6.45) is 8.09. The van der Waals surface area contributed by atoms with Crippen LogP contribution in [-0.2, 0) is 11.2 Å². The molecular weight excluding hydrogens is 302 g/mol. The molecule has 1 aromatic heterocycles. The number of aromatic nitrogens is 2. The fourth-order valence-electron chi connectivity index (χ4n) is 3.23. The maximum absolute atomic E-state index is 12.1. The van der Waals surface area contributed by atoms with Gasteiger partial charge in [0.15, 0.2) is 0 Å². The van der Waals surface area contributed by atoms with E-state index in [9.17, 15) is 4.79 Å². The Hall–Kier alpha value is -2.17. The van der Waals surface area contributed by atoms with Crippen molar-refractivity contribution in [1.82, 2.24) is 15.5 Å². The zero-order valence-corrected chi connectivity index (χ0v) is 14.3. The summed E-state index contributed by atoms with van der Waals surface area (Å²) < 4.78 is 5.29. The third kappa shape index (κ3) is 4.43. The summed E-state index contributed by atoms with van der Waals surface area (Å²) in [4.78, 5) is 16.5. The summed E-state index contributed by atoms with van der Waals surface area (Å²) in [6, 6.07) is 8.27. The molecule has 0 bridgehead atoms. The van der Waals surface area contributed by atoms with E-state index in [4.69, 9.17) is 4.52 Å². The van der Waals surface area contributed by atoms with Crippen LogP contribution in [0.4, 0.5) is 0 Å². The summed E-state index contributed by atoms with van der Waals surface area (Å²) in [6.45, 7) is 2.02. The fraction of sp³-hybridized carbons (Fsp3) is 0.526. The second-order valence-corrected chi connectivity index (χ2v) is 6.58. The average Bonchev–Trinajstić information content (AvgIpc) is 2.90. The summed E-state index contributed by atoms with van der Waals surface area (Å²) in [5.41, 5.74) is 2.08. The first kappa shape index (κ1) is 16.7. The van der Waals surface area contributed by atoms with Gasteiger partial charge in [-0.25, -0.2) is 0 Å². The van der Waals surface area contributed by atoms with Gasteiger partial charge in [0.05, 0.1) is 0 Å². The van der Waals surface area contributed by atoms with E-state index in [2.05, 4.69) is 15.5 Å². The molecule has 1 aliphatic rings. The lowest BCUT2D eigenvalue weighted by Crippen LogP contribution is -2.34. The molecule has 1 aliphatic carbocycles. The molecule has 0 unspecified atom stereocenters. The second kappa shape index (κ2) is 8.08. The van der Waals surface area contributed by atoms with Crippen molar-refractivity contribution < 1.29 is 9.32 Å². The normalized spacial score (nSPS) is 15.9. The van der Waals surface area contributed by atoms with Gasteiger partial charge in [-0.2, -0.15) is 4.98 Å². The van der Waals surface area contributed by atoms with E-state index < -0.39 is 0 Å². The summed E-state index contributed by atoms with van der Waals surface area (Å²) in [7, 11) is 0. The summed E-state index contributed by atoms with van der Waals surface area (Å²) in [5, 5.41) is 7.18. The van der Waals surface area contributed by atoms with E-state index in [0.717, 1.165) is 24.0 Å². The standard InChI is InChI=1S/C19H25N3O2/c1-14-8-6-7-11-16(14)19-21-18(24-22-19)13-12-17(23)20-15-9-4-2-3-5-10-15/h6-8,11,15H,2-5,9-10,12-13H2,1H3,(H,20,23). The molecule has 5 heteroatoms. The molecule has 0 saturated heterocycles. The highest BCUT2D eigenvalue weighted by Crippen LogP contribution is 2.20. The molecule has 2 aromatic rings. The number of carbonyl (C=O) groups is 1. The second-order valence-electron chi connectivity index (χ2n) is 6.58. The zero-order valence-electron chi connectivity index (χ0n) is 14.3. The molecule has 1 heterocycles. The first-order valence-corrected chi connectivity index (χ1v) is 8.90. The Morgan fingerprint density at radius 3 is 2.71 bits per heavy atom. The van der Waals surface area contributed by atoms with Gasteiger partial charge < -0.3 is 9.84 Å². The summed E-state index contributed by atoms with van der Waals surface area (Å²) >= 11 is 0. The number of hydrogen-bond acceptors (Lipinski definition) is 4. The number of benzene rings is 1. The first-order chi connectivity index (χ1) is 11.7. The number of amides is 1. The minimum absolute atomic E-state index is 0.0811. The number of hydrogen-bond donors (Lipinski definition) is 1. The van der Waals surface area contributed by atoms with E-state index in [0.29, 0.717) is 30.6 Å². The average molecular weight is 327 g/mol. The first-order valence-electron chi connectivity index (χ1n) is 8.90. The van der Waals surface area contributed by atoms with Crippen LogP contribution in [0, 0.1) is 6.92 Å². The monoisotopic (exact) mass is 327 g/mol. The van der Waals surface area contributed by atoms with Crippen LogP contribution in [0.3, 0.4) is 0 Å². The van der Waals surface area contributed by atoms with Crippen LogP contribution in [0.5, 0.6) is 0 Å². The van der Waals surface area contributed by atoms with Crippen molar-refractivity contribution >= 4 is 5.91 Å². The van der Waals surface area contributed by atoms with Crippen LogP contribution in [0.1, 0.15) is 56.4 Å². The minimum Gasteiger partial charge on any atom is -0.353 e. The van der Waals surface area contributed by atoms with Gasteiger partial charge in [-0.3, -0.25) is 4.79 Å². The molecule has 0 aliphatic heterocycles. The number of nitrogens with zero attached hydrogens (tertiary/aromatic N) is 2. The Balaban J connectivity index is 1.52. The third-order valence-electron chi connectivity index (χ3n) is 4.64. The quantitative estimate of drug-likeness (QED) is 0.848. The van der Waals surface area contributed by atoms with Gasteiger partial charge in [0.25, 0.3) is 0 Å². The zero-order chi connectivity index (χ0) is 16.8. The highest BCUT2D eigenvalue weighted by atomic mass is 16.5. The van der Waals surface area contributed by atoms with E-state index in [-0.39, 0.29) is 5.91 Å². The fourth-order valence-corrected chi connectivity index (χ4v) is 3.23. The molecule has 24 heavy (non-hydrogen) atoms. The molecule has 0 radical (unpaired) electrons. The Labute approximate surface area is 142 Å². The van der Waals surface area contributed by atoms with Gasteiger partial charge in [-0.15, -0.1) is 0 Å². The molecule has 1 saturated carbocycles. The smallest absolute Gasteiger partial charge is 0.227 e. The number of nitrogens with one attached hydrogen (secondary N) is 1. The van der Waals surface area contributed by atoms with Crippen LogP contribution in [0.25, 0.3) is 11.4 Å². The number of rotatable bonds is 5. The van der Waals surface area contributed by atoms with Crippen LogP contribution in [-0.4, -0.2) is 22.1 Å². The Bertz CT molecular complexity index is 673. The van der Waals surface area contributed by atoms with Gasteiger partial charge in [-0.1, -0.05) is 55.1 Å². The van der Waals surface area contributed by atoms with Crippen LogP contribution >= 0.6 is 0 Å². The Kier molecular flexibility index (Phi) is 5.62. The topological polar surface area (TPSA) is 68.0 Å². The molecule has 3 rings (SSSR count). The lowest BCUT2D eigenvalue weighted by Gasteiger charge is -2.15. The van der Waals surface area contributed by atoms with Crippen molar-refractivity contribution in [1.29, 1.82) is 0 Å². The van der Waals surface area contributed by atoms with Crippen LogP contribution in [0.15, 0.2) is 28.8 Å².